The number of halogens is 4. The molecule has 0 aliphatic carbocycles. The molecule has 1 aliphatic rings. The average molecular weight is 395 g/mol. The van der Waals surface area contributed by atoms with Gasteiger partial charge in [-0.1, -0.05) is 11.6 Å². The topological polar surface area (TPSA) is 33.1 Å². The van der Waals surface area contributed by atoms with Crippen LogP contribution >= 0.6 is 11.6 Å². The van der Waals surface area contributed by atoms with Gasteiger partial charge in [0.25, 0.3) is 0 Å². The Kier molecular flexibility index (Phi) is 4.97. The van der Waals surface area contributed by atoms with Crippen LogP contribution in [0, 0.1) is 17.5 Å². The van der Waals surface area contributed by atoms with Gasteiger partial charge in [-0.25, -0.2) is 18.2 Å². The predicted octanol–water partition coefficient (Wildman–Crippen LogP) is 4.60. The molecular formula is C19H18ClF3N4. The van der Waals surface area contributed by atoms with Crippen LogP contribution in [0.1, 0.15) is 12.8 Å². The molecular weight excluding hydrogens is 377 g/mol. The number of imidazole rings is 1. The van der Waals surface area contributed by atoms with Crippen LogP contribution in [0.3, 0.4) is 0 Å². The zero-order valence-electron chi connectivity index (χ0n) is 14.5. The summed E-state index contributed by atoms with van der Waals surface area (Å²) in [6.07, 6.45) is 2.38. The lowest BCUT2D eigenvalue weighted by Gasteiger charge is -2.16. The first kappa shape index (κ1) is 18.1. The van der Waals surface area contributed by atoms with Crippen LogP contribution in [0.5, 0.6) is 0 Å². The second kappa shape index (κ2) is 7.40. The third-order valence-electron chi connectivity index (χ3n) is 4.79. The summed E-state index contributed by atoms with van der Waals surface area (Å²) in [6, 6.07) is 6.69. The van der Waals surface area contributed by atoms with E-state index in [1.807, 2.05) is 0 Å². The van der Waals surface area contributed by atoms with Crippen LogP contribution in [0.4, 0.5) is 19.1 Å². The molecule has 142 valence electrons. The van der Waals surface area contributed by atoms with Crippen molar-refractivity contribution in [1.29, 1.82) is 0 Å². The lowest BCUT2D eigenvalue weighted by Crippen LogP contribution is -2.26. The van der Waals surface area contributed by atoms with Gasteiger partial charge < -0.3 is 10.2 Å². The van der Waals surface area contributed by atoms with Gasteiger partial charge >= 0.3 is 0 Å². The highest BCUT2D eigenvalue weighted by Gasteiger charge is 2.19. The SMILES string of the molecule is Fc1ccc(-n2c(NCCN3CCCC3)nc3c(F)c(F)ccc32)cc1Cl. The quantitative estimate of drug-likeness (QED) is 0.686. The summed E-state index contributed by atoms with van der Waals surface area (Å²) in [6.45, 7) is 3.55. The summed E-state index contributed by atoms with van der Waals surface area (Å²) in [5.41, 5.74) is 0.804. The van der Waals surface area contributed by atoms with Gasteiger partial charge in [0.05, 0.1) is 16.2 Å². The van der Waals surface area contributed by atoms with Gasteiger partial charge in [-0.2, -0.15) is 0 Å². The molecule has 4 rings (SSSR count). The normalized spacial score (nSPS) is 15.0. The van der Waals surface area contributed by atoms with Crippen LogP contribution < -0.4 is 5.32 Å². The first-order valence-electron chi connectivity index (χ1n) is 8.82. The molecule has 0 atom stereocenters. The maximum absolute atomic E-state index is 14.2. The van der Waals surface area contributed by atoms with E-state index in [-0.39, 0.29) is 10.5 Å². The molecule has 1 N–H and O–H groups in total. The molecule has 1 aliphatic heterocycles. The fourth-order valence-corrected chi connectivity index (χ4v) is 3.60. The molecule has 2 heterocycles. The van der Waals surface area contributed by atoms with E-state index < -0.39 is 17.5 Å². The average Bonchev–Trinajstić information content (AvgIpc) is 3.29. The molecule has 4 nitrogen and oxygen atoms in total. The number of fused-ring (bicyclic) bond motifs is 1. The van der Waals surface area contributed by atoms with Crippen molar-refractivity contribution in [2.75, 3.05) is 31.5 Å². The minimum atomic E-state index is -1.01. The zero-order valence-corrected chi connectivity index (χ0v) is 15.2. The van der Waals surface area contributed by atoms with Gasteiger partial charge in [-0.05, 0) is 56.3 Å². The monoisotopic (exact) mass is 394 g/mol. The second-order valence-electron chi connectivity index (χ2n) is 6.57. The molecule has 27 heavy (non-hydrogen) atoms. The van der Waals surface area contributed by atoms with Crippen molar-refractivity contribution in [1.82, 2.24) is 14.5 Å². The second-order valence-corrected chi connectivity index (χ2v) is 6.98. The predicted molar refractivity (Wildman–Crippen MR) is 100 cm³/mol. The Morgan fingerprint density at radius 2 is 1.78 bits per heavy atom. The first-order chi connectivity index (χ1) is 13.0. The summed E-state index contributed by atoms with van der Waals surface area (Å²) in [4.78, 5) is 6.58. The minimum Gasteiger partial charge on any atom is -0.354 e. The fourth-order valence-electron chi connectivity index (χ4n) is 3.42. The van der Waals surface area contributed by atoms with Gasteiger partial charge in [-0.15, -0.1) is 0 Å². The van der Waals surface area contributed by atoms with Crippen molar-refractivity contribution in [3.05, 3.63) is 52.8 Å². The number of rotatable bonds is 5. The van der Waals surface area contributed by atoms with E-state index in [2.05, 4.69) is 15.2 Å². The maximum atomic E-state index is 14.2. The fraction of sp³-hybridized carbons (Fsp3) is 0.316. The van der Waals surface area contributed by atoms with Crippen LogP contribution in [-0.2, 0) is 0 Å². The van der Waals surface area contributed by atoms with E-state index in [0.29, 0.717) is 23.7 Å². The Hall–Kier alpha value is -2.25. The Morgan fingerprint density at radius 3 is 2.52 bits per heavy atom. The van der Waals surface area contributed by atoms with E-state index in [4.69, 9.17) is 11.6 Å². The molecule has 3 aromatic rings. The van der Waals surface area contributed by atoms with Gasteiger partial charge in [0, 0.05) is 13.1 Å². The van der Waals surface area contributed by atoms with Crippen LogP contribution in [0.25, 0.3) is 16.7 Å². The van der Waals surface area contributed by atoms with Gasteiger partial charge in [0.2, 0.25) is 5.95 Å². The summed E-state index contributed by atoms with van der Waals surface area (Å²) < 4.78 is 43.1. The molecule has 1 aromatic heterocycles. The van der Waals surface area contributed by atoms with E-state index in [0.717, 1.165) is 25.7 Å². The van der Waals surface area contributed by atoms with E-state index in [1.54, 1.807) is 4.57 Å². The molecule has 0 bridgehead atoms. The number of benzene rings is 2. The van der Waals surface area contributed by atoms with Gasteiger partial charge in [0.1, 0.15) is 11.3 Å². The Bertz CT molecular complexity index is 983. The summed E-state index contributed by atoms with van der Waals surface area (Å²) >= 11 is 5.91. The lowest BCUT2D eigenvalue weighted by molar-refractivity contribution is 0.352. The molecule has 0 radical (unpaired) electrons. The van der Waals surface area contributed by atoms with Crippen LogP contribution in [0.2, 0.25) is 5.02 Å². The molecule has 0 saturated carbocycles. The third kappa shape index (κ3) is 3.49. The number of hydrogen-bond donors (Lipinski definition) is 1. The molecule has 0 spiro atoms. The van der Waals surface area contributed by atoms with E-state index in [9.17, 15) is 13.2 Å². The number of nitrogens with zero attached hydrogens (tertiary/aromatic N) is 3. The highest BCUT2D eigenvalue weighted by atomic mass is 35.5. The number of aromatic nitrogens is 2. The summed E-state index contributed by atoms with van der Waals surface area (Å²) in [5.74, 6) is -2.17. The Morgan fingerprint density at radius 1 is 1.04 bits per heavy atom. The van der Waals surface area contributed by atoms with Crippen molar-refractivity contribution in [2.45, 2.75) is 12.8 Å². The molecule has 1 fully saturated rings. The number of likely N-dealkylation sites (tertiary alicyclic amines) is 1. The minimum absolute atomic E-state index is 0.0556. The molecule has 0 amide bonds. The maximum Gasteiger partial charge on any atom is 0.208 e. The standard InChI is InChI=1S/C19H18ClF3N4/c20-13-11-12(3-4-14(13)21)27-16-6-5-15(22)17(23)18(16)25-19(27)24-7-10-26-8-1-2-9-26/h3-6,11H,1-2,7-10H2,(H,24,25). The largest absolute Gasteiger partial charge is 0.354 e. The molecule has 1 saturated heterocycles. The van der Waals surface area contributed by atoms with Crippen molar-refractivity contribution in [2.24, 2.45) is 0 Å². The van der Waals surface area contributed by atoms with E-state index >= 15 is 0 Å². The Balaban J connectivity index is 1.73. The Labute approximate surface area is 159 Å². The van der Waals surface area contributed by atoms with Crippen molar-refractivity contribution < 1.29 is 13.2 Å². The van der Waals surface area contributed by atoms with Crippen LogP contribution in [0.15, 0.2) is 30.3 Å². The summed E-state index contributed by atoms with van der Waals surface area (Å²) in [7, 11) is 0. The highest BCUT2D eigenvalue weighted by molar-refractivity contribution is 6.30. The lowest BCUT2D eigenvalue weighted by atomic mass is 10.2. The number of hydrogen-bond acceptors (Lipinski definition) is 3. The van der Waals surface area contributed by atoms with E-state index in [1.165, 1.54) is 37.1 Å². The smallest absolute Gasteiger partial charge is 0.208 e. The highest BCUT2D eigenvalue weighted by Crippen LogP contribution is 2.29. The number of nitrogens with one attached hydrogen (secondary N) is 1. The van der Waals surface area contributed by atoms with Crippen LogP contribution in [-0.4, -0.2) is 40.6 Å². The third-order valence-corrected chi connectivity index (χ3v) is 5.08. The van der Waals surface area contributed by atoms with Crippen molar-refractivity contribution in [3.8, 4) is 5.69 Å². The van der Waals surface area contributed by atoms with Crippen molar-refractivity contribution in [3.63, 3.8) is 0 Å². The first-order valence-corrected chi connectivity index (χ1v) is 9.20. The van der Waals surface area contributed by atoms with Gasteiger partial charge in [-0.3, -0.25) is 4.57 Å². The molecule has 2 aromatic carbocycles. The van der Waals surface area contributed by atoms with Gasteiger partial charge in [0.15, 0.2) is 11.6 Å². The zero-order chi connectivity index (χ0) is 19.0. The molecule has 8 heteroatoms. The molecule has 0 unspecified atom stereocenters. The van der Waals surface area contributed by atoms with Crippen molar-refractivity contribution >= 4 is 28.6 Å². The summed E-state index contributed by atoms with van der Waals surface area (Å²) in [5, 5.41) is 3.14. The number of anilines is 1.